The van der Waals surface area contributed by atoms with Crippen molar-refractivity contribution in [1.82, 2.24) is 5.32 Å². The number of anilines is 1. The number of methoxy groups -OCH3 is 1. The van der Waals surface area contributed by atoms with Crippen LogP contribution >= 0.6 is 11.6 Å². The lowest BCUT2D eigenvalue weighted by molar-refractivity contribution is -0.112. The molecule has 1 amide bonds. The number of carbonyl (C=O) groups excluding carboxylic acids is 1. The zero-order valence-corrected chi connectivity index (χ0v) is 14.7. The second-order valence-corrected chi connectivity index (χ2v) is 5.73. The van der Waals surface area contributed by atoms with Gasteiger partial charge in [0.1, 0.15) is 17.4 Å². The summed E-state index contributed by atoms with van der Waals surface area (Å²) in [6.07, 6.45) is 1.39. The lowest BCUT2D eigenvalue weighted by atomic mass is 10.2. The molecule has 0 radical (unpaired) electrons. The Hall–Kier alpha value is -2.97. The van der Waals surface area contributed by atoms with E-state index in [4.69, 9.17) is 16.3 Å². The van der Waals surface area contributed by atoms with Gasteiger partial charge in [0, 0.05) is 23.5 Å². The van der Waals surface area contributed by atoms with Crippen molar-refractivity contribution in [2.75, 3.05) is 12.4 Å². The van der Waals surface area contributed by atoms with Crippen LogP contribution in [0.3, 0.4) is 0 Å². The van der Waals surface area contributed by atoms with E-state index in [2.05, 4.69) is 10.6 Å². The first-order valence-corrected chi connectivity index (χ1v) is 7.95. The Morgan fingerprint density at radius 3 is 2.80 bits per heavy atom. The van der Waals surface area contributed by atoms with Gasteiger partial charge >= 0.3 is 0 Å². The molecular weight excluding hydrogens is 338 g/mol. The average molecular weight is 356 g/mol. The second kappa shape index (κ2) is 8.76. The predicted octanol–water partition coefficient (Wildman–Crippen LogP) is 3.79. The fourth-order valence-corrected chi connectivity index (χ4v) is 2.25. The minimum atomic E-state index is -0.499. The number of nitrogens with one attached hydrogen (secondary N) is 2. The molecule has 0 saturated heterocycles. The SMILES string of the molecule is COc1cccc(CN/C=C(/C#N)C(=O)Nc2ccc(C)c(Cl)c2)c1. The van der Waals surface area contributed by atoms with Crippen molar-refractivity contribution in [3.63, 3.8) is 0 Å². The summed E-state index contributed by atoms with van der Waals surface area (Å²) in [5.74, 6) is 0.248. The molecule has 0 saturated carbocycles. The minimum absolute atomic E-state index is 0.0282. The number of aryl methyl sites for hydroxylation is 1. The zero-order chi connectivity index (χ0) is 18.2. The zero-order valence-electron chi connectivity index (χ0n) is 14.0. The van der Waals surface area contributed by atoms with Crippen molar-refractivity contribution in [3.05, 3.63) is 70.4 Å². The molecule has 0 aliphatic carbocycles. The van der Waals surface area contributed by atoms with Gasteiger partial charge in [0.15, 0.2) is 0 Å². The van der Waals surface area contributed by atoms with Crippen molar-refractivity contribution < 1.29 is 9.53 Å². The number of amides is 1. The van der Waals surface area contributed by atoms with E-state index in [1.807, 2.05) is 37.3 Å². The Morgan fingerprint density at radius 1 is 1.32 bits per heavy atom. The highest BCUT2D eigenvalue weighted by Gasteiger charge is 2.10. The van der Waals surface area contributed by atoms with Crippen LogP contribution in [0.4, 0.5) is 5.69 Å². The monoisotopic (exact) mass is 355 g/mol. The number of halogens is 1. The molecule has 0 atom stereocenters. The largest absolute Gasteiger partial charge is 0.497 e. The third-order valence-corrected chi connectivity index (χ3v) is 3.89. The predicted molar refractivity (Wildman–Crippen MR) is 98.3 cm³/mol. The molecule has 5 nitrogen and oxygen atoms in total. The van der Waals surface area contributed by atoms with Gasteiger partial charge in [-0.2, -0.15) is 5.26 Å². The van der Waals surface area contributed by atoms with Crippen LogP contribution in [0.15, 0.2) is 54.2 Å². The van der Waals surface area contributed by atoms with Crippen molar-refractivity contribution in [2.45, 2.75) is 13.5 Å². The fraction of sp³-hybridized carbons (Fsp3) is 0.158. The van der Waals surface area contributed by atoms with Crippen LogP contribution < -0.4 is 15.4 Å². The molecule has 128 valence electrons. The number of hydrogen-bond acceptors (Lipinski definition) is 4. The van der Waals surface area contributed by atoms with E-state index in [0.29, 0.717) is 17.3 Å². The summed E-state index contributed by atoms with van der Waals surface area (Å²) in [7, 11) is 1.60. The molecule has 0 unspecified atom stereocenters. The van der Waals surface area contributed by atoms with Crippen molar-refractivity contribution >= 4 is 23.2 Å². The van der Waals surface area contributed by atoms with E-state index >= 15 is 0 Å². The van der Waals surface area contributed by atoms with Crippen LogP contribution in [-0.2, 0) is 11.3 Å². The lowest BCUT2D eigenvalue weighted by Crippen LogP contribution is -2.16. The van der Waals surface area contributed by atoms with Gasteiger partial charge in [-0.15, -0.1) is 0 Å². The topological polar surface area (TPSA) is 74.1 Å². The number of nitrogens with zero attached hydrogens (tertiary/aromatic N) is 1. The molecule has 0 bridgehead atoms. The Balaban J connectivity index is 1.99. The summed E-state index contributed by atoms with van der Waals surface area (Å²) in [6, 6.07) is 14.6. The van der Waals surface area contributed by atoms with Gasteiger partial charge in [-0.1, -0.05) is 29.8 Å². The Labute approximate surface area is 151 Å². The van der Waals surface area contributed by atoms with Crippen LogP contribution in [0, 0.1) is 18.3 Å². The van der Waals surface area contributed by atoms with Gasteiger partial charge < -0.3 is 15.4 Å². The molecule has 2 rings (SSSR count). The second-order valence-electron chi connectivity index (χ2n) is 5.32. The van der Waals surface area contributed by atoms with Gasteiger partial charge in [-0.25, -0.2) is 0 Å². The van der Waals surface area contributed by atoms with Gasteiger partial charge in [0.2, 0.25) is 0 Å². The van der Waals surface area contributed by atoms with E-state index in [1.54, 1.807) is 25.3 Å². The van der Waals surface area contributed by atoms with Gasteiger partial charge in [0.25, 0.3) is 5.91 Å². The van der Waals surface area contributed by atoms with Gasteiger partial charge in [0.05, 0.1) is 7.11 Å². The Morgan fingerprint density at radius 2 is 2.12 bits per heavy atom. The number of hydrogen-bond donors (Lipinski definition) is 2. The molecule has 2 aromatic carbocycles. The van der Waals surface area contributed by atoms with Crippen molar-refractivity contribution in [2.24, 2.45) is 0 Å². The molecule has 2 aromatic rings. The molecule has 0 aliphatic rings. The first kappa shape index (κ1) is 18.4. The summed E-state index contributed by atoms with van der Waals surface area (Å²) in [4.78, 5) is 12.2. The Bertz CT molecular complexity index is 841. The lowest BCUT2D eigenvalue weighted by Gasteiger charge is -2.07. The van der Waals surface area contributed by atoms with E-state index < -0.39 is 5.91 Å². The maximum atomic E-state index is 12.2. The van der Waals surface area contributed by atoms with Crippen LogP contribution in [0.5, 0.6) is 5.75 Å². The highest BCUT2D eigenvalue weighted by Crippen LogP contribution is 2.20. The van der Waals surface area contributed by atoms with E-state index in [1.165, 1.54) is 6.20 Å². The standard InChI is InChI=1S/C19H18ClN3O2/c1-13-6-7-16(9-18(13)20)23-19(24)15(10-21)12-22-11-14-4-3-5-17(8-14)25-2/h3-9,12,22H,11H2,1-2H3,(H,23,24)/b15-12-. The smallest absolute Gasteiger partial charge is 0.267 e. The quantitative estimate of drug-likeness (QED) is 0.610. The van der Waals surface area contributed by atoms with E-state index in [9.17, 15) is 10.1 Å². The summed E-state index contributed by atoms with van der Waals surface area (Å²) in [5, 5.41) is 15.4. The molecule has 0 fully saturated rings. The summed E-state index contributed by atoms with van der Waals surface area (Å²) < 4.78 is 5.16. The molecule has 0 spiro atoms. The molecule has 25 heavy (non-hydrogen) atoms. The highest BCUT2D eigenvalue weighted by atomic mass is 35.5. The normalized spacial score (nSPS) is 10.7. The van der Waals surface area contributed by atoms with Crippen molar-refractivity contribution in [1.29, 1.82) is 5.26 Å². The molecule has 0 heterocycles. The summed E-state index contributed by atoms with van der Waals surface area (Å²) >= 11 is 6.03. The molecule has 2 N–H and O–H groups in total. The van der Waals surface area contributed by atoms with Crippen LogP contribution in [0.1, 0.15) is 11.1 Å². The van der Waals surface area contributed by atoms with Crippen LogP contribution in [0.25, 0.3) is 0 Å². The number of rotatable bonds is 6. The minimum Gasteiger partial charge on any atom is -0.497 e. The summed E-state index contributed by atoms with van der Waals surface area (Å²) in [5.41, 5.74) is 2.39. The fourth-order valence-electron chi connectivity index (χ4n) is 2.07. The Kier molecular flexibility index (Phi) is 6.44. The first-order chi connectivity index (χ1) is 12.0. The highest BCUT2D eigenvalue weighted by molar-refractivity contribution is 6.31. The number of nitriles is 1. The van der Waals surface area contributed by atoms with Gasteiger partial charge in [-0.05, 0) is 42.3 Å². The first-order valence-electron chi connectivity index (χ1n) is 7.57. The summed E-state index contributed by atoms with van der Waals surface area (Å²) in [6.45, 7) is 2.34. The molecule has 6 heteroatoms. The molecular formula is C19H18ClN3O2. The number of ether oxygens (including phenoxy) is 1. The maximum absolute atomic E-state index is 12.2. The number of carbonyl (C=O) groups is 1. The molecule has 0 aromatic heterocycles. The van der Waals surface area contributed by atoms with E-state index in [0.717, 1.165) is 16.9 Å². The third-order valence-electron chi connectivity index (χ3n) is 3.48. The number of benzene rings is 2. The van der Waals surface area contributed by atoms with Crippen LogP contribution in [0.2, 0.25) is 5.02 Å². The van der Waals surface area contributed by atoms with Crippen molar-refractivity contribution in [3.8, 4) is 11.8 Å². The average Bonchev–Trinajstić information content (AvgIpc) is 2.62. The van der Waals surface area contributed by atoms with Crippen LogP contribution in [-0.4, -0.2) is 13.0 Å². The maximum Gasteiger partial charge on any atom is 0.267 e. The third kappa shape index (κ3) is 5.27. The van der Waals surface area contributed by atoms with Gasteiger partial charge in [-0.3, -0.25) is 4.79 Å². The molecule has 0 aliphatic heterocycles. The van der Waals surface area contributed by atoms with E-state index in [-0.39, 0.29) is 5.57 Å².